The van der Waals surface area contributed by atoms with Gasteiger partial charge in [-0.15, -0.1) is 0 Å². The molecule has 0 saturated carbocycles. The minimum atomic E-state index is -2.12. The first-order valence-electron chi connectivity index (χ1n) is 4.17. The summed E-state index contributed by atoms with van der Waals surface area (Å²) in [6, 6.07) is 0.339. The Kier molecular flexibility index (Phi) is 2.43. The Bertz CT molecular complexity index is 190. The topological polar surface area (TPSA) is 52.3 Å². The first-order valence-corrected chi connectivity index (χ1v) is 7.32. The Labute approximate surface area is 73.7 Å². The number of hydrogen-bond donors (Lipinski definition) is 2. The van der Waals surface area contributed by atoms with E-state index in [4.69, 9.17) is 0 Å². The molecule has 70 valence electrons. The molecule has 1 heterocycles. The quantitative estimate of drug-likeness (QED) is 0.478. The molecule has 1 aliphatic rings. The van der Waals surface area contributed by atoms with Gasteiger partial charge in [-0.25, -0.2) is 4.79 Å². The molecule has 2 amide bonds. The summed E-state index contributed by atoms with van der Waals surface area (Å²) in [5.74, 6) is 0. The van der Waals surface area contributed by atoms with E-state index in [0.29, 0.717) is 12.2 Å². The van der Waals surface area contributed by atoms with Crippen LogP contribution in [0.2, 0.25) is 13.1 Å². The van der Waals surface area contributed by atoms with Crippen LogP contribution in [-0.2, 0) is 0 Å². The van der Waals surface area contributed by atoms with Crippen molar-refractivity contribution in [2.45, 2.75) is 26.1 Å². The van der Waals surface area contributed by atoms with Crippen molar-refractivity contribution in [3.8, 4) is 0 Å². The summed E-state index contributed by atoms with van der Waals surface area (Å²) in [5.41, 5.74) is 0. The van der Waals surface area contributed by atoms with Crippen molar-refractivity contribution in [2.75, 3.05) is 12.7 Å². The van der Waals surface area contributed by atoms with E-state index >= 15 is 0 Å². The van der Waals surface area contributed by atoms with Gasteiger partial charge in [0.2, 0.25) is 8.32 Å². The second-order valence-corrected chi connectivity index (χ2v) is 7.95. The minimum absolute atomic E-state index is 0.0443. The van der Waals surface area contributed by atoms with Gasteiger partial charge < -0.3 is 15.0 Å². The number of nitrogens with zero attached hydrogens (tertiary/aromatic N) is 1. The Morgan fingerprint density at radius 3 is 2.58 bits per heavy atom. The van der Waals surface area contributed by atoms with Gasteiger partial charge in [-0.1, -0.05) is 0 Å². The molecule has 2 N–H and O–H groups in total. The molecule has 1 fully saturated rings. The Morgan fingerprint density at radius 2 is 2.25 bits per heavy atom. The molecule has 1 rings (SSSR count). The van der Waals surface area contributed by atoms with Gasteiger partial charge in [0.15, 0.2) is 0 Å². The fourth-order valence-corrected chi connectivity index (χ4v) is 1.50. The molecule has 0 bridgehead atoms. The molecular formula is C7H16N2O2Si. The Balaban J connectivity index is 2.20. The first kappa shape index (κ1) is 9.53. The highest BCUT2D eigenvalue weighted by atomic mass is 28.4. The van der Waals surface area contributed by atoms with Crippen LogP contribution in [0.3, 0.4) is 0 Å². The fraction of sp³-hybridized carbons (Fsp3) is 0.857. The van der Waals surface area contributed by atoms with Gasteiger partial charge in [-0.05, 0) is 20.0 Å². The Hall–Kier alpha value is -0.553. The molecule has 0 aromatic carbocycles. The summed E-state index contributed by atoms with van der Waals surface area (Å²) >= 11 is 0. The maximum absolute atomic E-state index is 11.2. The van der Waals surface area contributed by atoms with Crippen LogP contribution in [0, 0.1) is 0 Å². The van der Waals surface area contributed by atoms with Gasteiger partial charge in [0.25, 0.3) is 0 Å². The second kappa shape index (κ2) is 3.06. The zero-order valence-corrected chi connectivity index (χ0v) is 8.79. The van der Waals surface area contributed by atoms with E-state index in [1.807, 2.05) is 6.92 Å². The van der Waals surface area contributed by atoms with Crippen LogP contribution in [0.5, 0.6) is 0 Å². The third-order valence-electron chi connectivity index (χ3n) is 1.79. The molecule has 1 atom stereocenters. The largest absolute Gasteiger partial charge is 0.430 e. The maximum atomic E-state index is 11.2. The van der Waals surface area contributed by atoms with E-state index in [1.165, 1.54) is 0 Å². The van der Waals surface area contributed by atoms with E-state index in [-0.39, 0.29) is 6.03 Å². The van der Waals surface area contributed by atoms with Crippen LogP contribution >= 0.6 is 0 Å². The van der Waals surface area contributed by atoms with Gasteiger partial charge >= 0.3 is 6.03 Å². The van der Waals surface area contributed by atoms with Crippen LogP contribution in [0.25, 0.3) is 0 Å². The van der Waals surface area contributed by atoms with E-state index in [2.05, 4.69) is 5.32 Å². The molecule has 1 saturated heterocycles. The average Bonchev–Trinajstić information content (AvgIpc) is 2.60. The van der Waals surface area contributed by atoms with Crippen molar-refractivity contribution in [3.63, 3.8) is 0 Å². The smallest absolute Gasteiger partial charge is 0.317 e. The molecule has 0 aromatic rings. The lowest BCUT2D eigenvalue weighted by Crippen LogP contribution is -2.44. The number of carbonyl (C=O) groups excluding carboxylic acids is 1. The van der Waals surface area contributed by atoms with Crippen molar-refractivity contribution in [1.82, 2.24) is 10.2 Å². The standard InChI is InChI=1S/C7H16N2O2Si/c1-6-4-9(6)7(10)8-5-12(2,3)11/h6,11H,4-5H2,1-3H3,(H,8,10)/t6-,9?/m1/s1. The highest BCUT2D eigenvalue weighted by molar-refractivity contribution is 6.70. The second-order valence-electron chi connectivity index (χ2n) is 3.97. The van der Waals surface area contributed by atoms with Gasteiger partial charge in [0, 0.05) is 18.8 Å². The van der Waals surface area contributed by atoms with Gasteiger partial charge in [-0.2, -0.15) is 0 Å². The summed E-state index contributed by atoms with van der Waals surface area (Å²) in [4.78, 5) is 22.4. The van der Waals surface area contributed by atoms with E-state index < -0.39 is 8.32 Å². The fourth-order valence-electron chi connectivity index (χ4n) is 0.914. The third-order valence-corrected chi connectivity index (χ3v) is 2.83. The van der Waals surface area contributed by atoms with Crippen LogP contribution in [0.1, 0.15) is 6.92 Å². The SMILES string of the molecule is C[C@@H]1CN1C(=O)NC[Si](C)(C)O. The van der Waals surface area contributed by atoms with Crippen LogP contribution in [-0.4, -0.2) is 42.8 Å². The van der Waals surface area contributed by atoms with Gasteiger partial charge in [0.05, 0.1) is 0 Å². The highest BCUT2D eigenvalue weighted by Crippen LogP contribution is 2.15. The van der Waals surface area contributed by atoms with Crippen molar-refractivity contribution >= 4 is 14.3 Å². The zero-order valence-electron chi connectivity index (χ0n) is 7.79. The maximum Gasteiger partial charge on any atom is 0.317 e. The number of amides is 2. The molecule has 1 aliphatic heterocycles. The predicted molar refractivity (Wildman–Crippen MR) is 49.3 cm³/mol. The number of urea groups is 1. The number of nitrogens with one attached hydrogen (secondary N) is 1. The molecular weight excluding hydrogens is 172 g/mol. The summed E-state index contributed by atoms with van der Waals surface area (Å²) in [7, 11) is -2.12. The lowest BCUT2D eigenvalue weighted by Gasteiger charge is -2.14. The highest BCUT2D eigenvalue weighted by Gasteiger charge is 2.34. The predicted octanol–water partition coefficient (Wildman–Crippen LogP) is 0.137. The molecule has 0 aliphatic carbocycles. The molecule has 12 heavy (non-hydrogen) atoms. The summed E-state index contributed by atoms with van der Waals surface area (Å²) in [6.45, 7) is 6.46. The molecule has 4 nitrogen and oxygen atoms in total. The molecule has 0 unspecified atom stereocenters. The summed E-state index contributed by atoms with van der Waals surface area (Å²) in [5, 5.41) is 2.71. The normalized spacial score (nSPS) is 22.3. The monoisotopic (exact) mass is 188 g/mol. The summed E-state index contributed by atoms with van der Waals surface area (Å²) < 4.78 is 0. The van der Waals surface area contributed by atoms with Crippen LogP contribution in [0.15, 0.2) is 0 Å². The van der Waals surface area contributed by atoms with Gasteiger partial charge in [0.1, 0.15) is 0 Å². The minimum Gasteiger partial charge on any atom is -0.430 e. The third kappa shape index (κ3) is 2.82. The van der Waals surface area contributed by atoms with Crippen molar-refractivity contribution in [1.29, 1.82) is 0 Å². The molecule has 0 aromatic heterocycles. The van der Waals surface area contributed by atoms with E-state index in [1.54, 1.807) is 18.0 Å². The Morgan fingerprint density at radius 1 is 1.75 bits per heavy atom. The summed E-state index contributed by atoms with van der Waals surface area (Å²) in [6.07, 6.45) is 0.440. The number of hydrogen-bond acceptors (Lipinski definition) is 2. The van der Waals surface area contributed by atoms with E-state index in [9.17, 15) is 9.59 Å². The van der Waals surface area contributed by atoms with Crippen molar-refractivity contribution in [2.24, 2.45) is 0 Å². The van der Waals surface area contributed by atoms with Crippen molar-refractivity contribution in [3.05, 3.63) is 0 Å². The molecule has 0 radical (unpaired) electrons. The van der Waals surface area contributed by atoms with Crippen molar-refractivity contribution < 1.29 is 9.59 Å². The zero-order chi connectivity index (χ0) is 9.35. The van der Waals surface area contributed by atoms with E-state index in [0.717, 1.165) is 6.54 Å². The first-order chi connectivity index (χ1) is 5.40. The number of carbonyl (C=O) groups is 1. The lowest BCUT2D eigenvalue weighted by atomic mass is 10.6. The molecule has 0 spiro atoms. The van der Waals surface area contributed by atoms with Gasteiger partial charge in [-0.3, -0.25) is 0 Å². The lowest BCUT2D eigenvalue weighted by molar-refractivity contribution is 0.228. The van der Waals surface area contributed by atoms with Crippen LogP contribution < -0.4 is 5.32 Å². The van der Waals surface area contributed by atoms with Crippen LogP contribution in [0.4, 0.5) is 4.79 Å². The number of rotatable bonds is 2. The molecule has 5 heteroatoms. The average molecular weight is 188 g/mol.